The van der Waals surface area contributed by atoms with Gasteiger partial charge in [-0.15, -0.1) is 0 Å². The Morgan fingerprint density at radius 2 is 1.26 bits per heavy atom. The third-order valence-corrected chi connectivity index (χ3v) is 2.39. The van der Waals surface area contributed by atoms with Gasteiger partial charge in [0.2, 0.25) is 5.91 Å². The molecule has 0 aromatic heterocycles. The van der Waals surface area contributed by atoms with Gasteiger partial charge in [-0.2, -0.15) is 0 Å². The first-order valence-corrected chi connectivity index (χ1v) is 7.61. The molecule has 8 heteroatoms. The van der Waals surface area contributed by atoms with E-state index in [-0.39, 0.29) is 31.1 Å². The van der Waals surface area contributed by atoms with E-state index in [9.17, 15) is 9.59 Å². The number of carbonyl (C=O) groups excluding carboxylic acids is 1. The van der Waals surface area contributed by atoms with Crippen LogP contribution in [-0.2, 0) is 28.5 Å². The zero-order chi connectivity index (χ0) is 17.6. The smallest absolute Gasteiger partial charge is 0.329 e. The molecule has 0 aliphatic carbocycles. The Morgan fingerprint density at radius 1 is 0.826 bits per heavy atom. The molecule has 0 aliphatic heterocycles. The zero-order valence-electron chi connectivity index (χ0n) is 14.3. The molecule has 0 aromatic rings. The van der Waals surface area contributed by atoms with E-state index >= 15 is 0 Å². The molecule has 1 amide bonds. The molecule has 8 nitrogen and oxygen atoms in total. The summed E-state index contributed by atoms with van der Waals surface area (Å²) >= 11 is 0. The minimum atomic E-state index is -1.000. The average Bonchev–Trinajstić information content (AvgIpc) is 2.45. The van der Waals surface area contributed by atoms with Crippen LogP contribution in [0.2, 0.25) is 0 Å². The van der Waals surface area contributed by atoms with Gasteiger partial charge in [0.1, 0.15) is 13.2 Å². The van der Waals surface area contributed by atoms with Crippen molar-refractivity contribution in [2.24, 2.45) is 5.41 Å². The summed E-state index contributed by atoms with van der Waals surface area (Å²) in [5.41, 5.74) is 0.0530. The number of nitrogens with one attached hydrogen (secondary N) is 1. The molecule has 23 heavy (non-hydrogen) atoms. The molecule has 0 bridgehead atoms. The third kappa shape index (κ3) is 18.7. The summed E-state index contributed by atoms with van der Waals surface area (Å²) < 4.78 is 20.4. The van der Waals surface area contributed by atoms with Crippen molar-refractivity contribution in [3.63, 3.8) is 0 Å². The van der Waals surface area contributed by atoms with Gasteiger partial charge in [0.25, 0.3) is 0 Å². The number of hydrogen-bond donors (Lipinski definition) is 2. The molecule has 0 heterocycles. The lowest BCUT2D eigenvalue weighted by Gasteiger charge is -2.18. The molecule has 0 radical (unpaired) electrons. The minimum Gasteiger partial charge on any atom is -0.480 e. The molecule has 0 rings (SSSR count). The number of rotatable bonds is 14. The van der Waals surface area contributed by atoms with Crippen LogP contribution in [0.3, 0.4) is 0 Å². The van der Waals surface area contributed by atoms with E-state index in [1.807, 2.05) is 20.8 Å². The van der Waals surface area contributed by atoms with Crippen molar-refractivity contribution in [2.45, 2.75) is 20.8 Å². The number of amides is 1. The number of ether oxygens (including phenoxy) is 4. The fourth-order valence-corrected chi connectivity index (χ4v) is 1.30. The Kier molecular flexibility index (Phi) is 12.5. The van der Waals surface area contributed by atoms with Crippen molar-refractivity contribution < 1.29 is 33.6 Å². The first kappa shape index (κ1) is 21.8. The van der Waals surface area contributed by atoms with Crippen LogP contribution in [-0.4, -0.2) is 76.4 Å². The predicted octanol–water partition coefficient (Wildman–Crippen LogP) is 0.300. The lowest BCUT2D eigenvalue weighted by molar-refractivity contribution is -0.142. The molecule has 0 saturated carbocycles. The molecule has 136 valence electrons. The summed E-state index contributed by atoms with van der Waals surface area (Å²) in [5.74, 6) is -1.13. The average molecular weight is 335 g/mol. The van der Waals surface area contributed by atoms with Crippen LogP contribution >= 0.6 is 0 Å². The van der Waals surface area contributed by atoms with Crippen molar-refractivity contribution in [3.8, 4) is 0 Å². The Bertz CT molecular complexity index is 328. The Labute approximate surface area is 137 Å². The topological polar surface area (TPSA) is 103 Å². The van der Waals surface area contributed by atoms with Crippen LogP contribution in [0.1, 0.15) is 20.8 Å². The second kappa shape index (κ2) is 13.2. The van der Waals surface area contributed by atoms with Crippen molar-refractivity contribution in [3.05, 3.63) is 0 Å². The number of carbonyl (C=O) groups is 2. The summed E-state index contributed by atoms with van der Waals surface area (Å²) in [6, 6.07) is 0. The summed E-state index contributed by atoms with van der Waals surface area (Å²) in [5, 5.41) is 11.1. The second-order valence-corrected chi connectivity index (χ2v) is 6.06. The van der Waals surface area contributed by atoms with Crippen LogP contribution in [0.4, 0.5) is 0 Å². The normalized spacial score (nSPS) is 11.4. The molecular formula is C15H29NO7. The summed E-state index contributed by atoms with van der Waals surface area (Å²) in [6.07, 6.45) is 0. The molecule has 0 saturated heterocycles. The van der Waals surface area contributed by atoms with Crippen LogP contribution in [0.25, 0.3) is 0 Å². The molecule has 0 fully saturated rings. The van der Waals surface area contributed by atoms with Gasteiger partial charge in [0.05, 0.1) is 39.6 Å². The zero-order valence-corrected chi connectivity index (χ0v) is 14.3. The van der Waals surface area contributed by atoms with Gasteiger partial charge in [-0.25, -0.2) is 4.79 Å². The number of aliphatic carboxylic acids is 1. The van der Waals surface area contributed by atoms with Crippen LogP contribution in [0.5, 0.6) is 0 Å². The van der Waals surface area contributed by atoms with E-state index in [2.05, 4.69) is 5.32 Å². The lowest BCUT2D eigenvalue weighted by atomic mass is 9.97. The molecule has 0 unspecified atom stereocenters. The van der Waals surface area contributed by atoms with E-state index in [0.717, 1.165) is 0 Å². The maximum absolute atomic E-state index is 11.4. The fourth-order valence-electron chi connectivity index (χ4n) is 1.30. The quantitative estimate of drug-likeness (QED) is 0.440. The van der Waals surface area contributed by atoms with E-state index in [4.69, 9.17) is 24.1 Å². The van der Waals surface area contributed by atoms with E-state index in [1.54, 1.807) is 0 Å². The molecule has 0 aliphatic rings. The Balaban J connectivity index is 3.21. The summed E-state index contributed by atoms with van der Waals surface area (Å²) in [7, 11) is 0. The first-order valence-electron chi connectivity index (χ1n) is 7.61. The van der Waals surface area contributed by atoms with Gasteiger partial charge in [-0.3, -0.25) is 4.79 Å². The van der Waals surface area contributed by atoms with Crippen molar-refractivity contribution in [1.29, 1.82) is 0 Å². The molecule has 0 aromatic carbocycles. The molecule has 0 spiro atoms. The highest BCUT2D eigenvalue weighted by Gasteiger charge is 2.11. The number of carboxylic acids is 1. The van der Waals surface area contributed by atoms with Crippen LogP contribution in [0.15, 0.2) is 0 Å². The SMILES string of the molecule is CC(C)(C)CNC(=O)COCCOCCOCCOCC(=O)O. The van der Waals surface area contributed by atoms with E-state index in [1.165, 1.54) is 0 Å². The standard InChI is InChI=1S/C15H29NO7/c1-15(2,3)12-16-13(17)10-22-8-6-20-4-5-21-7-9-23-11-14(18)19/h4-12H2,1-3H3,(H,16,17)(H,18,19). The highest BCUT2D eigenvalue weighted by Crippen LogP contribution is 2.09. The maximum atomic E-state index is 11.4. The van der Waals surface area contributed by atoms with Crippen LogP contribution < -0.4 is 5.32 Å². The maximum Gasteiger partial charge on any atom is 0.329 e. The van der Waals surface area contributed by atoms with Gasteiger partial charge in [-0.1, -0.05) is 20.8 Å². The lowest BCUT2D eigenvalue weighted by Crippen LogP contribution is -2.34. The van der Waals surface area contributed by atoms with E-state index in [0.29, 0.717) is 39.6 Å². The summed E-state index contributed by atoms with van der Waals surface area (Å²) in [6.45, 7) is 8.51. The van der Waals surface area contributed by atoms with Gasteiger partial charge in [-0.05, 0) is 5.41 Å². The highest BCUT2D eigenvalue weighted by molar-refractivity contribution is 5.77. The molecular weight excluding hydrogens is 306 g/mol. The molecule has 0 atom stereocenters. The third-order valence-electron chi connectivity index (χ3n) is 2.39. The van der Waals surface area contributed by atoms with Gasteiger partial charge in [0, 0.05) is 6.54 Å². The van der Waals surface area contributed by atoms with Crippen molar-refractivity contribution in [2.75, 3.05) is 59.4 Å². The Morgan fingerprint density at radius 3 is 1.70 bits per heavy atom. The first-order chi connectivity index (χ1) is 10.8. The fraction of sp³-hybridized carbons (Fsp3) is 0.867. The highest BCUT2D eigenvalue weighted by atomic mass is 16.6. The van der Waals surface area contributed by atoms with Gasteiger partial charge < -0.3 is 29.4 Å². The second-order valence-electron chi connectivity index (χ2n) is 6.06. The monoisotopic (exact) mass is 335 g/mol. The number of hydrogen-bond acceptors (Lipinski definition) is 6. The largest absolute Gasteiger partial charge is 0.480 e. The predicted molar refractivity (Wildman–Crippen MR) is 83.4 cm³/mol. The van der Waals surface area contributed by atoms with Gasteiger partial charge >= 0.3 is 5.97 Å². The molecule has 2 N–H and O–H groups in total. The van der Waals surface area contributed by atoms with Crippen molar-refractivity contribution in [1.82, 2.24) is 5.32 Å². The van der Waals surface area contributed by atoms with E-state index < -0.39 is 5.97 Å². The van der Waals surface area contributed by atoms with Gasteiger partial charge in [0.15, 0.2) is 0 Å². The minimum absolute atomic E-state index is 0.0247. The summed E-state index contributed by atoms with van der Waals surface area (Å²) in [4.78, 5) is 21.6. The van der Waals surface area contributed by atoms with Crippen LogP contribution in [0, 0.1) is 5.41 Å². The van der Waals surface area contributed by atoms with Crippen molar-refractivity contribution >= 4 is 11.9 Å². The Hall–Kier alpha value is -1.22. The number of carboxylic acid groups (broad SMARTS) is 1.